The van der Waals surface area contributed by atoms with E-state index in [2.05, 4.69) is 6.58 Å². The minimum Gasteiger partial charge on any atom is -0.466 e. The van der Waals surface area contributed by atoms with E-state index < -0.39 is 30.4 Å². The molecule has 7 heteroatoms. The second kappa shape index (κ2) is 10.2. The fourth-order valence-electron chi connectivity index (χ4n) is 3.01. The highest BCUT2D eigenvalue weighted by Gasteiger charge is 2.55. The molecule has 1 heterocycles. The maximum atomic E-state index is 12.0. The minimum absolute atomic E-state index is 0.107. The third-order valence-electron chi connectivity index (χ3n) is 5.38. The van der Waals surface area contributed by atoms with E-state index in [-0.39, 0.29) is 12.4 Å². The van der Waals surface area contributed by atoms with Gasteiger partial charge in [0.15, 0.2) is 0 Å². The summed E-state index contributed by atoms with van der Waals surface area (Å²) in [6.07, 6.45) is 4.38. The normalized spacial score (nSPS) is 19.3. The molecular formula is C23H33BO6. The largest absolute Gasteiger partial charge is 0.472 e. The Morgan fingerprint density at radius 1 is 1.20 bits per heavy atom. The molecule has 0 radical (unpaired) electrons. The summed E-state index contributed by atoms with van der Waals surface area (Å²) >= 11 is 0. The van der Waals surface area contributed by atoms with Crippen molar-refractivity contribution in [3.05, 3.63) is 54.8 Å². The Hall–Kier alpha value is -2.25. The highest BCUT2D eigenvalue weighted by Crippen LogP contribution is 2.42. The van der Waals surface area contributed by atoms with Gasteiger partial charge in [-0.3, -0.25) is 4.79 Å². The van der Waals surface area contributed by atoms with Crippen molar-refractivity contribution in [2.45, 2.75) is 71.3 Å². The maximum Gasteiger partial charge on any atom is 0.472 e. The zero-order chi connectivity index (χ0) is 22.4. The highest BCUT2D eigenvalue weighted by molar-refractivity contribution is 6.48. The first kappa shape index (κ1) is 24.0. The molecule has 0 N–H and O–H groups in total. The first-order valence-corrected chi connectivity index (χ1v) is 10.3. The number of ether oxygens (including phenoxy) is 3. The molecule has 164 valence electrons. The lowest BCUT2D eigenvalue weighted by Gasteiger charge is -2.32. The van der Waals surface area contributed by atoms with Crippen LogP contribution in [0.15, 0.2) is 49.3 Å². The molecule has 0 saturated carbocycles. The SMILES string of the molecule is C=CC(B1OC(C)(C)C(C)(C)O1)C(O/C=C\C)Oc1ccccc1CC(=O)OCC. The molecule has 1 aromatic carbocycles. The van der Waals surface area contributed by atoms with Crippen LogP contribution in [0.5, 0.6) is 5.75 Å². The molecule has 2 unspecified atom stereocenters. The lowest BCUT2D eigenvalue weighted by molar-refractivity contribution is -0.142. The minimum atomic E-state index is -0.767. The van der Waals surface area contributed by atoms with Gasteiger partial charge in [0, 0.05) is 5.56 Å². The van der Waals surface area contributed by atoms with Gasteiger partial charge < -0.3 is 23.5 Å². The summed E-state index contributed by atoms with van der Waals surface area (Å²) in [6, 6.07) is 7.32. The summed E-state index contributed by atoms with van der Waals surface area (Å²) in [5.74, 6) is -0.202. The van der Waals surface area contributed by atoms with Gasteiger partial charge in [0.05, 0.1) is 36.3 Å². The Bertz CT molecular complexity index is 742. The number of hydrogen-bond acceptors (Lipinski definition) is 6. The average molecular weight is 416 g/mol. The number of allylic oxidation sites excluding steroid dienone is 1. The maximum absolute atomic E-state index is 12.0. The van der Waals surface area contributed by atoms with Crippen LogP contribution in [0, 0.1) is 0 Å². The van der Waals surface area contributed by atoms with E-state index in [0.29, 0.717) is 17.9 Å². The Balaban J connectivity index is 2.28. The lowest BCUT2D eigenvalue weighted by atomic mass is 9.71. The van der Waals surface area contributed by atoms with Crippen molar-refractivity contribution in [1.82, 2.24) is 0 Å². The van der Waals surface area contributed by atoms with Crippen molar-refractivity contribution in [2.75, 3.05) is 6.61 Å². The van der Waals surface area contributed by atoms with Gasteiger partial charge in [0.25, 0.3) is 0 Å². The summed E-state index contributed by atoms with van der Waals surface area (Å²) in [4.78, 5) is 12.0. The number of carbonyl (C=O) groups is 1. The van der Waals surface area contributed by atoms with Crippen molar-refractivity contribution >= 4 is 13.1 Å². The van der Waals surface area contributed by atoms with Crippen molar-refractivity contribution < 1.29 is 28.3 Å². The van der Waals surface area contributed by atoms with E-state index in [1.54, 1.807) is 31.4 Å². The zero-order valence-corrected chi connectivity index (χ0v) is 18.8. The molecule has 2 atom stereocenters. The summed E-state index contributed by atoms with van der Waals surface area (Å²) in [5.41, 5.74) is -0.278. The van der Waals surface area contributed by atoms with Gasteiger partial charge >= 0.3 is 13.1 Å². The third kappa shape index (κ3) is 5.67. The standard InChI is InChI=1S/C23H33BO6/c1-8-15-27-21(18(9-2)24-29-22(4,5)23(6,7)30-24)28-19-14-12-11-13-17(19)16-20(25)26-10-3/h8-9,11-15,18,21H,2,10,16H2,1,3-7H3/b15-8-. The van der Waals surface area contributed by atoms with Gasteiger partial charge in [0.2, 0.25) is 6.29 Å². The molecule has 6 nitrogen and oxygen atoms in total. The van der Waals surface area contributed by atoms with Crippen molar-refractivity contribution in [3.8, 4) is 5.75 Å². The van der Waals surface area contributed by atoms with Gasteiger partial charge in [-0.25, -0.2) is 0 Å². The number of benzene rings is 1. The average Bonchev–Trinajstić information content (AvgIpc) is 2.88. The Morgan fingerprint density at radius 2 is 1.83 bits per heavy atom. The van der Waals surface area contributed by atoms with Crippen LogP contribution in [0.2, 0.25) is 5.82 Å². The van der Waals surface area contributed by atoms with E-state index in [0.717, 1.165) is 0 Å². The topological polar surface area (TPSA) is 63.2 Å². The van der Waals surface area contributed by atoms with Crippen molar-refractivity contribution in [1.29, 1.82) is 0 Å². The van der Waals surface area contributed by atoms with Crippen LogP contribution >= 0.6 is 0 Å². The van der Waals surface area contributed by atoms with E-state index in [1.165, 1.54) is 0 Å². The van der Waals surface area contributed by atoms with Crippen LogP contribution < -0.4 is 4.74 Å². The second-order valence-electron chi connectivity index (χ2n) is 8.12. The summed E-state index contributed by atoms with van der Waals surface area (Å²) in [6.45, 7) is 15.9. The van der Waals surface area contributed by atoms with Gasteiger partial charge in [-0.05, 0) is 47.6 Å². The second-order valence-corrected chi connectivity index (χ2v) is 8.12. The Kier molecular flexibility index (Phi) is 8.15. The fourth-order valence-corrected chi connectivity index (χ4v) is 3.01. The molecule has 1 aliphatic heterocycles. The smallest absolute Gasteiger partial charge is 0.466 e. The van der Waals surface area contributed by atoms with E-state index in [4.69, 9.17) is 23.5 Å². The predicted molar refractivity (Wildman–Crippen MR) is 117 cm³/mol. The highest BCUT2D eigenvalue weighted by atomic mass is 16.7. The molecule has 1 aliphatic rings. The molecule has 1 saturated heterocycles. The van der Waals surface area contributed by atoms with E-state index in [9.17, 15) is 4.79 Å². The number of para-hydroxylation sites is 1. The molecule has 0 aromatic heterocycles. The van der Waals surface area contributed by atoms with Crippen LogP contribution in [-0.4, -0.2) is 37.2 Å². The number of carbonyl (C=O) groups excluding carboxylic acids is 1. The molecule has 0 bridgehead atoms. The van der Waals surface area contributed by atoms with Crippen LogP contribution in [0.1, 0.15) is 47.1 Å². The summed E-state index contributed by atoms with van der Waals surface area (Å²) in [5, 5.41) is 0. The number of hydrogen-bond donors (Lipinski definition) is 0. The van der Waals surface area contributed by atoms with Crippen LogP contribution in [0.4, 0.5) is 0 Å². The van der Waals surface area contributed by atoms with Crippen LogP contribution in [0.25, 0.3) is 0 Å². The first-order chi connectivity index (χ1) is 14.1. The number of esters is 1. The van der Waals surface area contributed by atoms with Crippen molar-refractivity contribution in [2.24, 2.45) is 0 Å². The van der Waals surface area contributed by atoms with Gasteiger partial charge in [0.1, 0.15) is 5.75 Å². The summed E-state index contributed by atoms with van der Waals surface area (Å²) in [7, 11) is -0.597. The monoisotopic (exact) mass is 416 g/mol. The molecule has 1 fully saturated rings. The van der Waals surface area contributed by atoms with Gasteiger partial charge in [-0.1, -0.05) is 30.4 Å². The van der Waals surface area contributed by atoms with Crippen LogP contribution in [-0.2, 0) is 30.0 Å². The Morgan fingerprint density at radius 3 is 2.40 bits per heavy atom. The summed E-state index contributed by atoms with van der Waals surface area (Å²) < 4.78 is 29.5. The quantitative estimate of drug-likeness (QED) is 0.181. The lowest BCUT2D eigenvalue weighted by Crippen LogP contribution is -2.41. The number of rotatable bonds is 10. The first-order valence-electron chi connectivity index (χ1n) is 10.3. The molecule has 0 aliphatic carbocycles. The molecule has 0 amide bonds. The van der Waals surface area contributed by atoms with Gasteiger partial charge in [-0.2, -0.15) is 0 Å². The molecule has 2 rings (SSSR count). The predicted octanol–water partition coefficient (Wildman–Crippen LogP) is 4.70. The Labute approximate surface area is 180 Å². The van der Waals surface area contributed by atoms with E-state index >= 15 is 0 Å². The van der Waals surface area contributed by atoms with Crippen molar-refractivity contribution in [3.63, 3.8) is 0 Å². The fraction of sp³-hybridized carbons (Fsp3) is 0.522. The molecule has 1 aromatic rings. The zero-order valence-electron chi connectivity index (χ0n) is 18.8. The molecular weight excluding hydrogens is 383 g/mol. The molecule has 30 heavy (non-hydrogen) atoms. The third-order valence-corrected chi connectivity index (χ3v) is 5.38. The molecule has 0 spiro atoms. The van der Waals surface area contributed by atoms with Crippen LogP contribution in [0.3, 0.4) is 0 Å². The van der Waals surface area contributed by atoms with Gasteiger partial charge in [-0.15, -0.1) is 6.58 Å². The van der Waals surface area contributed by atoms with E-state index in [1.807, 2.05) is 52.8 Å².